The van der Waals surface area contributed by atoms with Gasteiger partial charge in [0.15, 0.2) is 0 Å². The predicted molar refractivity (Wildman–Crippen MR) is 93.6 cm³/mol. The van der Waals surface area contributed by atoms with Crippen LogP contribution < -0.4 is 0 Å². The molecule has 3 heterocycles. The van der Waals surface area contributed by atoms with Crippen LogP contribution in [-0.2, 0) is 4.79 Å². The van der Waals surface area contributed by atoms with Crippen LogP contribution in [-0.4, -0.2) is 37.7 Å². The fraction of sp³-hybridized carbons (Fsp3) is 0.312. The molecule has 0 aromatic carbocycles. The van der Waals surface area contributed by atoms with E-state index in [4.69, 9.17) is 0 Å². The normalized spacial score (nSPS) is 16.9. The Hall–Kier alpha value is -1.73. The Bertz CT molecular complexity index is 770. The first kappa shape index (κ1) is 16.1. The molecule has 1 fully saturated rings. The number of thioether (sulfide) groups is 2. The van der Waals surface area contributed by atoms with E-state index < -0.39 is 0 Å². The molecule has 7 heteroatoms. The molecule has 1 aliphatic rings. The first-order valence-electron chi connectivity index (χ1n) is 7.45. The Labute approximate surface area is 143 Å². The van der Waals surface area contributed by atoms with Crippen LogP contribution >= 0.6 is 23.5 Å². The lowest BCUT2D eigenvalue weighted by atomic mass is 10.3. The van der Waals surface area contributed by atoms with Crippen LogP contribution in [0.1, 0.15) is 19.8 Å². The highest BCUT2D eigenvalue weighted by Gasteiger charge is 2.33. The monoisotopic (exact) mass is 347 g/mol. The van der Waals surface area contributed by atoms with Crippen LogP contribution in [0, 0.1) is 0 Å². The number of carbonyl (C=O) groups excluding carboxylic acids is 2. The summed E-state index contributed by atoms with van der Waals surface area (Å²) in [6, 6.07) is 6.05. The van der Waals surface area contributed by atoms with E-state index in [-0.39, 0.29) is 11.1 Å². The van der Waals surface area contributed by atoms with Crippen molar-refractivity contribution in [2.75, 3.05) is 12.3 Å². The van der Waals surface area contributed by atoms with Crippen molar-refractivity contribution in [3.63, 3.8) is 0 Å². The van der Waals surface area contributed by atoms with Gasteiger partial charge < -0.3 is 0 Å². The Balaban J connectivity index is 1.47. The number of rotatable bonds is 6. The van der Waals surface area contributed by atoms with Crippen LogP contribution in [0.2, 0.25) is 0 Å². The first-order valence-corrected chi connectivity index (χ1v) is 9.26. The topological polar surface area (TPSA) is 54.7 Å². The van der Waals surface area contributed by atoms with Gasteiger partial charge >= 0.3 is 0 Å². The van der Waals surface area contributed by atoms with E-state index in [9.17, 15) is 9.59 Å². The third kappa shape index (κ3) is 3.45. The molecule has 1 aliphatic heterocycles. The maximum Gasteiger partial charge on any atom is 0.293 e. The molecular weight excluding hydrogens is 330 g/mol. The molecule has 2 aromatic rings. The average molecular weight is 347 g/mol. The van der Waals surface area contributed by atoms with Crippen molar-refractivity contribution in [1.29, 1.82) is 0 Å². The van der Waals surface area contributed by atoms with E-state index in [1.165, 1.54) is 4.90 Å². The summed E-state index contributed by atoms with van der Waals surface area (Å²) in [7, 11) is 0. The van der Waals surface area contributed by atoms with E-state index in [0.717, 1.165) is 41.0 Å². The summed E-state index contributed by atoms with van der Waals surface area (Å²) in [5, 5.41) is 0.999. The number of amides is 2. The maximum absolute atomic E-state index is 11.9. The van der Waals surface area contributed by atoms with Gasteiger partial charge in [-0.15, -0.1) is 11.8 Å². The fourth-order valence-electron chi connectivity index (χ4n) is 2.37. The van der Waals surface area contributed by atoms with Crippen molar-refractivity contribution in [2.24, 2.45) is 0 Å². The van der Waals surface area contributed by atoms with Gasteiger partial charge in [0.1, 0.15) is 5.65 Å². The number of hydrogen-bond donors (Lipinski definition) is 0. The molecule has 5 nitrogen and oxygen atoms in total. The summed E-state index contributed by atoms with van der Waals surface area (Å²) in [5.74, 6) is 0.787. The molecule has 120 valence electrons. The number of unbranched alkanes of at least 4 members (excludes halogenated alkanes) is 1. The van der Waals surface area contributed by atoms with Crippen LogP contribution in [0.4, 0.5) is 4.79 Å². The SMILES string of the molecule is C/C=C1\SC(=O)N(CCCCSc2cccc3nccn23)C1=O. The Morgan fingerprint density at radius 1 is 1.30 bits per heavy atom. The minimum atomic E-state index is -0.154. The Morgan fingerprint density at radius 3 is 2.96 bits per heavy atom. The minimum Gasteiger partial charge on any atom is -0.294 e. The van der Waals surface area contributed by atoms with Crippen LogP contribution in [0.15, 0.2) is 46.6 Å². The molecule has 0 N–H and O–H groups in total. The van der Waals surface area contributed by atoms with Crippen LogP contribution in [0.5, 0.6) is 0 Å². The molecular formula is C16H17N3O2S2. The molecule has 2 amide bonds. The highest BCUT2D eigenvalue weighted by Crippen LogP contribution is 2.30. The fourth-order valence-corrected chi connectivity index (χ4v) is 4.19. The van der Waals surface area contributed by atoms with Crippen molar-refractivity contribution in [1.82, 2.24) is 14.3 Å². The molecule has 0 saturated carbocycles. The van der Waals surface area contributed by atoms with E-state index in [1.807, 2.05) is 18.3 Å². The van der Waals surface area contributed by atoms with Gasteiger partial charge in [0, 0.05) is 18.9 Å². The highest BCUT2D eigenvalue weighted by atomic mass is 32.2. The van der Waals surface area contributed by atoms with Gasteiger partial charge in [0.05, 0.1) is 9.93 Å². The summed E-state index contributed by atoms with van der Waals surface area (Å²) >= 11 is 2.79. The molecule has 3 rings (SSSR count). The molecule has 0 radical (unpaired) electrons. The van der Waals surface area contributed by atoms with Gasteiger partial charge in [-0.3, -0.25) is 18.9 Å². The molecule has 0 spiro atoms. The zero-order valence-electron chi connectivity index (χ0n) is 12.8. The third-order valence-electron chi connectivity index (χ3n) is 3.55. The Morgan fingerprint density at radius 2 is 2.17 bits per heavy atom. The van der Waals surface area contributed by atoms with Gasteiger partial charge in [-0.1, -0.05) is 12.1 Å². The van der Waals surface area contributed by atoms with Gasteiger partial charge in [-0.25, -0.2) is 4.98 Å². The highest BCUT2D eigenvalue weighted by molar-refractivity contribution is 8.18. The van der Waals surface area contributed by atoms with Gasteiger partial charge in [0.25, 0.3) is 11.1 Å². The molecule has 1 saturated heterocycles. The number of fused-ring (bicyclic) bond motifs is 1. The number of imide groups is 1. The lowest BCUT2D eigenvalue weighted by Crippen LogP contribution is -2.29. The standard InChI is InChI=1S/C16H17N3O2S2/c1-2-12-15(20)19(16(21)23-12)9-3-4-11-22-14-7-5-6-13-17-8-10-18(13)14/h2,5-8,10H,3-4,9,11H2,1H3/b12-2-. The van der Waals surface area contributed by atoms with Crippen LogP contribution in [0.3, 0.4) is 0 Å². The van der Waals surface area contributed by atoms with Crippen molar-refractivity contribution in [2.45, 2.75) is 24.8 Å². The van der Waals surface area contributed by atoms with Crippen molar-refractivity contribution in [3.05, 3.63) is 41.6 Å². The predicted octanol–water partition coefficient (Wildman–Crippen LogP) is 3.81. The molecule has 23 heavy (non-hydrogen) atoms. The summed E-state index contributed by atoms with van der Waals surface area (Å²) in [5.41, 5.74) is 0.944. The number of allylic oxidation sites excluding steroid dienone is 1. The molecule has 2 aromatic heterocycles. The number of nitrogens with zero attached hydrogens (tertiary/aromatic N) is 3. The van der Waals surface area contributed by atoms with Crippen molar-refractivity contribution < 1.29 is 9.59 Å². The summed E-state index contributed by atoms with van der Waals surface area (Å²) in [6.07, 6.45) is 7.21. The van der Waals surface area contributed by atoms with Crippen molar-refractivity contribution in [3.8, 4) is 0 Å². The molecule has 0 atom stereocenters. The Kier molecular flexibility index (Phi) is 5.07. The lowest BCUT2D eigenvalue weighted by Gasteiger charge is -2.12. The van der Waals surface area contributed by atoms with Gasteiger partial charge in [-0.2, -0.15) is 0 Å². The largest absolute Gasteiger partial charge is 0.294 e. The summed E-state index contributed by atoms with van der Waals surface area (Å²) in [4.78, 5) is 29.9. The second-order valence-corrected chi connectivity index (χ2v) is 7.16. The maximum atomic E-state index is 11.9. The zero-order valence-corrected chi connectivity index (χ0v) is 14.4. The van der Waals surface area contributed by atoms with Crippen LogP contribution in [0.25, 0.3) is 5.65 Å². The summed E-state index contributed by atoms with van der Waals surface area (Å²) < 4.78 is 2.06. The number of pyridine rings is 1. The van der Waals surface area contributed by atoms with Gasteiger partial charge in [-0.05, 0) is 49.4 Å². The average Bonchev–Trinajstić information content (AvgIpc) is 3.13. The number of hydrogen-bond acceptors (Lipinski definition) is 5. The summed E-state index contributed by atoms with van der Waals surface area (Å²) in [6.45, 7) is 2.28. The smallest absolute Gasteiger partial charge is 0.293 e. The molecule has 0 bridgehead atoms. The second-order valence-electron chi connectivity index (χ2n) is 5.05. The number of imidazole rings is 1. The number of carbonyl (C=O) groups is 2. The van der Waals surface area contributed by atoms with Crippen molar-refractivity contribution >= 4 is 40.3 Å². The zero-order chi connectivity index (χ0) is 16.2. The molecule has 0 aliphatic carbocycles. The minimum absolute atomic E-state index is 0.154. The second kappa shape index (κ2) is 7.23. The lowest BCUT2D eigenvalue weighted by molar-refractivity contribution is -0.122. The van der Waals surface area contributed by atoms with E-state index >= 15 is 0 Å². The van der Waals surface area contributed by atoms with E-state index in [1.54, 1.807) is 31.0 Å². The van der Waals surface area contributed by atoms with E-state index in [2.05, 4.69) is 15.5 Å². The van der Waals surface area contributed by atoms with E-state index in [0.29, 0.717) is 11.4 Å². The van der Waals surface area contributed by atoms with Gasteiger partial charge in [0.2, 0.25) is 0 Å². The molecule has 0 unspecified atom stereocenters. The number of aromatic nitrogens is 2. The first-order chi connectivity index (χ1) is 11.2. The third-order valence-corrected chi connectivity index (χ3v) is 5.70. The quantitative estimate of drug-likeness (QED) is 0.452.